The van der Waals surface area contributed by atoms with Gasteiger partial charge in [0.1, 0.15) is 0 Å². The normalized spacial score (nSPS) is 17.9. The maximum atomic E-state index is 11.8. The van der Waals surface area contributed by atoms with Crippen molar-refractivity contribution in [3.63, 3.8) is 0 Å². The molecule has 19 heavy (non-hydrogen) atoms. The molecule has 0 saturated heterocycles. The van der Waals surface area contributed by atoms with Crippen LogP contribution in [-0.4, -0.2) is 28.1 Å². The number of rotatable bonds is 4. The first kappa shape index (κ1) is 14.0. The summed E-state index contributed by atoms with van der Waals surface area (Å²) < 4.78 is 0. The van der Waals surface area contributed by atoms with Crippen molar-refractivity contribution < 1.29 is 14.8 Å². The predicted octanol–water partition coefficient (Wildman–Crippen LogP) is 2.08. The van der Waals surface area contributed by atoms with Gasteiger partial charge in [-0.3, -0.25) is 14.9 Å². The molecule has 1 aliphatic rings. The van der Waals surface area contributed by atoms with Crippen LogP contribution in [0.3, 0.4) is 0 Å². The second-order valence-corrected chi connectivity index (χ2v) is 5.92. The van der Waals surface area contributed by atoms with Gasteiger partial charge < -0.3 is 10.4 Å². The molecule has 1 saturated carbocycles. The summed E-state index contributed by atoms with van der Waals surface area (Å²) >= 11 is 0.842. The largest absolute Gasteiger partial charge is 0.388 e. The smallest absolute Gasteiger partial charge is 0.324 e. The first-order chi connectivity index (χ1) is 9.00. The van der Waals surface area contributed by atoms with E-state index in [0.717, 1.165) is 30.6 Å². The molecule has 0 atom stereocenters. The lowest BCUT2D eigenvalue weighted by atomic mass is 9.85. The Balaban J connectivity index is 1.91. The third kappa shape index (κ3) is 3.51. The van der Waals surface area contributed by atoms with E-state index in [2.05, 4.69) is 5.32 Å². The maximum Gasteiger partial charge on any atom is 0.324 e. The minimum atomic E-state index is -0.822. The summed E-state index contributed by atoms with van der Waals surface area (Å²) in [6, 6.07) is 2.75. The number of carbonyl (C=O) groups is 1. The lowest BCUT2D eigenvalue weighted by Gasteiger charge is -2.31. The van der Waals surface area contributed by atoms with Crippen molar-refractivity contribution in [1.82, 2.24) is 5.32 Å². The summed E-state index contributed by atoms with van der Waals surface area (Å²) in [7, 11) is 0. The third-order valence-electron chi connectivity index (χ3n) is 3.36. The van der Waals surface area contributed by atoms with Crippen LogP contribution in [0.15, 0.2) is 12.1 Å². The van der Waals surface area contributed by atoms with Gasteiger partial charge in [0.05, 0.1) is 15.4 Å². The predicted molar refractivity (Wildman–Crippen MR) is 71.3 cm³/mol. The highest BCUT2D eigenvalue weighted by Crippen LogP contribution is 2.28. The van der Waals surface area contributed by atoms with E-state index in [1.165, 1.54) is 12.1 Å². The van der Waals surface area contributed by atoms with Crippen molar-refractivity contribution in [3.05, 3.63) is 27.1 Å². The quantitative estimate of drug-likeness (QED) is 0.654. The molecule has 0 bridgehead atoms. The van der Waals surface area contributed by atoms with E-state index in [1.54, 1.807) is 0 Å². The minimum Gasteiger partial charge on any atom is -0.388 e. The first-order valence-electron chi connectivity index (χ1n) is 6.25. The molecule has 7 heteroatoms. The zero-order valence-corrected chi connectivity index (χ0v) is 11.2. The molecule has 1 fully saturated rings. The summed E-state index contributed by atoms with van der Waals surface area (Å²) in [5, 5.41) is 23.4. The molecule has 2 N–H and O–H groups in total. The first-order valence-corrected chi connectivity index (χ1v) is 7.07. The van der Waals surface area contributed by atoms with Gasteiger partial charge in [0, 0.05) is 12.6 Å². The standard InChI is InChI=1S/C12H16N2O4S/c15-11(9-4-5-10(19-9)14(17)18)13-8-12(16)6-2-1-3-7-12/h4-5,16H,1-3,6-8H2,(H,13,15). The molecule has 0 unspecified atom stereocenters. The molecule has 1 aromatic rings. The van der Waals surface area contributed by atoms with Gasteiger partial charge in [-0.1, -0.05) is 30.6 Å². The topological polar surface area (TPSA) is 92.5 Å². The number of aliphatic hydroxyl groups is 1. The van der Waals surface area contributed by atoms with Gasteiger partial charge >= 0.3 is 5.00 Å². The van der Waals surface area contributed by atoms with Crippen LogP contribution in [0.2, 0.25) is 0 Å². The fraction of sp³-hybridized carbons (Fsp3) is 0.583. The Morgan fingerprint density at radius 3 is 2.68 bits per heavy atom. The van der Waals surface area contributed by atoms with Crippen LogP contribution >= 0.6 is 11.3 Å². The molecule has 0 radical (unpaired) electrons. The number of nitrogens with zero attached hydrogens (tertiary/aromatic N) is 1. The van der Waals surface area contributed by atoms with E-state index in [-0.39, 0.29) is 17.5 Å². The Labute approximate surface area is 114 Å². The van der Waals surface area contributed by atoms with Crippen molar-refractivity contribution in [1.29, 1.82) is 0 Å². The van der Waals surface area contributed by atoms with Crippen LogP contribution in [0.25, 0.3) is 0 Å². The van der Waals surface area contributed by atoms with Crippen molar-refractivity contribution in [3.8, 4) is 0 Å². The fourth-order valence-electron chi connectivity index (χ4n) is 2.27. The van der Waals surface area contributed by atoms with Crippen molar-refractivity contribution in [2.24, 2.45) is 0 Å². The van der Waals surface area contributed by atoms with Crippen LogP contribution in [0.1, 0.15) is 41.8 Å². The molecule has 1 aromatic heterocycles. The zero-order chi connectivity index (χ0) is 13.9. The Kier molecular flexibility index (Phi) is 4.16. The Hall–Kier alpha value is -1.47. The Bertz CT molecular complexity index is 480. The van der Waals surface area contributed by atoms with Crippen molar-refractivity contribution >= 4 is 22.2 Å². The molecule has 0 aromatic carbocycles. The highest BCUT2D eigenvalue weighted by atomic mass is 32.1. The molecule has 0 aliphatic heterocycles. The second-order valence-electron chi connectivity index (χ2n) is 4.86. The number of nitro groups is 1. The summed E-state index contributed by atoms with van der Waals surface area (Å²) in [4.78, 5) is 22.1. The molecule has 0 spiro atoms. The average Bonchev–Trinajstić information content (AvgIpc) is 2.87. The lowest BCUT2D eigenvalue weighted by molar-refractivity contribution is -0.380. The number of amides is 1. The van der Waals surface area contributed by atoms with E-state index in [0.29, 0.717) is 17.7 Å². The summed E-state index contributed by atoms with van der Waals surface area (Å²) in [5.74, 6) is -0.364. The number of thiophene rings is 1. The van der Waals surface area contributed by atoms with E-state index < -0.39 is 10.5 Å². The SMILES string of the molecule is O=C(NCC1(O)CCCCC1)c1ccc([N+](=O)[O-])s1. The fourth-order valence-corrected chi connectivity index (χ4v) is 3.00. The summed E-state index contributed by atoms with van der Waals surface area (Å²) in [6.45, 7) is 0.206. The van der Waals surface area contributed by atoms with Gasteiger partial charge in [0.25, 0.3) is 5.91 Å². The molecular weight excluding hydrogens is 268 g/mol. The van der Waals surface area contributed by atoms with Crippen LogP contribution in [-0.2, 0) is 0 Å². The van der Waals surface area contributed by atoms with Crippen LogP contribution in [0.4, 0.5) is 5.00 Å². The molecule has 1 aliphatic carbocycles. The third-order valence-corrected chi connectivity index (χ3v) is 4.39. The number of nitrogens with one attached hydrogen (secondary N) is 1. The van der Waals surface area contributed by atoms with Gasteiger partial charge in [-0.2, -0.15) is 0 Å². The van der Waals surface area contributed by atoms with Gasteiger partial charge in [-0.25, -0.2) is 0 Å². The van der Waals surface area contributed by atoms with Gasteiger partial charge in [-0.15, -0.1) is 0 Å². The number of carbonyl (C=O) groups excluding carboxylic acids is 1. The Morgan fingerprint density at radius 2 is 2.11 bits per heavy atom. The highest BCUT2D eigenvalue weighted by Gasteiger charge is 2.29. The van der Waals surface area contributed by atoms with Gasteiger partial charge in [0.15, 0.2) is 0 Å². The average molecular weight is 284 g/mol. The van der Waals surface area contributed by atoms with Crippen molar-refractivity contribution in [2.75, 3.05) is 6.54 Å². The molecule has 1 amide bonds. The Morgan fingerprint density at radius 1 is 1.42 bits per heavy atom. The molecule has 6 nitrogen and oxygen atoms in total. The van der Waals surface area contributed by atoms with Crippen molar-refractivity contribution in [2.45, 2.75) is 37.7 Å². The van der Waals surface area contributed by atoms with Crippen LogP contribution < -0.4 is 5.32 Å². The zero-order valence-electron chi connectivity index (χ0n) is 10.4. The molecular formula is C12H16N2O4S. The molecule has 1 heterocycles. The van der Waals surface area contributed by atoms with E-state index in [1.807, 2.05) is 0 Å². The van der Waals surface area contributed by atoms with Crippen LogP contribution in [0.5, 0.6) is 0 Å². The number of hydrogen-bond donors (Lipinski definition) is 2. The number of hydrogen-bond acceptors (Lipinski definition) is 5. The monoisotopic (exact) mass is 284 g/mol. The van der Waals surface area contributed by atoms with Gasteiger partial charge in [-0.05, 0) is 18.9 Å². The maximum absolute atomic E-state index is 11.8. The van der Waals surface area contributed by atoms with E-state index in [9.17, 15) is 20.0 Å². The summed E-state index contributed by atoms with van der Waals surface area (Å²) in [6.07, 6.45) is 4.44. The van der Waals surface area contributed by atoms with E-state index >= 15 is 0 Å². The molecule has 2 rings (SSSR count). The summed E-state index contributed by atoms with van der Waals surface area (Å²) in [5.41, 5.74) is -0.822. The van der Waals surface area contributed by atoms with E-state index in [4.69, 9.17) is 0 Å². The van der Waals surface area contributed by atoms with Crippen LogP contribution in [0, 0.1) is 10.1 Å². The van der Waals surface area contributed by atoms with Gasteiger partial charge in [0.2, 0.25) is 0 Å². The lowest BCUT2D eigenvalue weighted by Crippen LogP contribution is -2.44. The highest BCUT2D eigenvalue weighted by molar-refractivity contribution is 7.17. The minimum absolute atomic E-state index is 0.0541. The molecule has 104 valence electrons. The second kappa shape index (κ2) is 5.66.